The largest absolute Gasteiger partial charge is 0.414 e. The fourth-order valence-corrected chi connectivity index (χ4v) is 14.0. The van der Waals surface area contributed by atoms with Gasteiger partial charge in [0, 0.05) is 16.5 Å². The summed E-state index contributed by atoms with van der Waals surface area (Å²) in [4.78, 5) is 3.24. The lowest BCUT2D eigenvalue weighted by Gasteiger charge is -2.59. The summed E-state index contributed by atoms with van der Waals surface area (Å²) in [6.07, 6.45) is 10.8. The van der Waals surface area contributed by atoms with Gasteiger partial charge in [0.1, 0.15) is 0 Å². The SMILES string of the molecule is CC(C)c1cc(C(C)C)c(S(=O)(=O)NN=C2CC[C@H]3C4=CC=C5C[C@@H](O[Si](C)(C)C(C)(C)C)C[C@H](O[Si](C)(C)C(C)(C)C)[C@]5(C)[C@H]4CC[C@]23C)c(C(C)C)c1. The number of hydrazone groups is 1. The summed E-state index contributed by atoms with van der Waals surface area (Å²) in [5.41, 5.74) is 6.63. The van der Waals surface area contributed by atoms with Crippen LogP contribution in [-0.4, -0.2) is 43.0 Å². The molecule has 0 aliphatic heterocycles. The van der Waals surface area contributed by atoms with Gasteiger partial charge in [0.2, 0.25) is 0 Å². The Morgan fingerprint density at radius 1 is 0.800 bits per heavy atom. The molecular formula is C46H78N2O4SSi2. The molecule has 0 bridgehead atoms. The molecule has 0 radical (unpaired) electrons. The number of hydrogen-bond donors (Lipinski definition) is 1. The molecule has 55 heavy (non-hydrogen) atoms. The quantitative estimate of drug-likeness (QED) is 0.189. The fraction of sp³-hybridized carbons (Fsp3) is 0.761. The zero-order valence-corrected chi connectivity index (χ0v) is 40.9. The van der Waals surface area contributed by atoms with Crippen molar-refractivity contribution in [2.75, 3.05) is 0 Å². The van der Waals surface area contributed by atoms with Crippen LogP contribution in [0.5, 0.6) is 0 Å². The first-order chi connectivity index (χ1) is 25.0. The Balaban J connectivity index is 1.50. The molecule has 1 N–H and O–H groups in total. The van der Waals surface area contributed by atoms with Gasteiger partial charge in [-0.15, -0.1) is 0 Å². The van der Waals surface area contributed by atoms with Crippen LogP contribution in [0.3, 0.4) is 0 Å². The first-order valence-corrected chi connectivity index (χ1v) is 28.8. The first-order valence-electron chi connectivity index (χ1n) is 21.5. The van der Waals surface area contributed by atoms with E-state index in [4.69, 9.17) is 14.0 Å². The summed E-state index contributed by atoms with van der Waals surface area (Å²) in [7, 11) is -8.00. The van der Waals surface area contributed by atoms with Gasteiger partial charge in [-0.3, -0.25) is 0 Å². The van der Waals surface area contributed by atoms with E-state index in [1.165, 1.54) is 16.7 Å². The number of nitrogens with zero attached hydrogens (tertiary/aromatic N) is 1. The van der Waals surface area contributed by atoms with Crippen molar-refractivity contribution in [2.24, 2.45) is 27.8 Å². The number of allylic oxidation sites excluding steroid dienone is 3. The molecule has 0 heterocycles. The first kappa shape index (κ1) is 44.6. The van der Waals surface area contributed by atoms with Gasteiger partial charge in [0.15, 0.2) is 16.6 Å². The highest BCUT2D eigenvalue weighted by Gasteiger charge is 2.60. The molecule has 1 aromatic carbocycles. The molecule has 4 aliphatic rings. The van der Waals surface area contributed by atoms with Crippen LogP contribution in [0.15, 0.2) is 45.4 Å². The van der Waals surface area contributed by atoms with E-state index in [1.807, 2.05) is 0 Å². The van der Waals surface area contributed by atoms with E-state index in [-0.39, 0.29) is 45.0 Å². The Morgan fingerprint density at radius 3 is 1.85 bits per heavy atom. The van der Waals surface area contributed by atoms with Crippen LogP contribution in [0, 0.1) is 22.7 Å². The smallest absolute Gasteiger partial charge is 0.277 e. The van der Waals surface area contributed by atoms with Gasteiger partial charge < -0.3 is 8.85 Å². The lowest BCUT2D eigenvalue weighted by molar-refractivity contribution is -0.0370. The Kier molecular flexibility index (Phi) is 12.1. The topological polar surface area (TPSA) is 77.0 Å². The predicted molar refractivity (Wildman–Crippen MR) is 238 cm³/mol. The van der Waals surface area contributed by atoms with Crippen molar-refractivity contribution < 1.29 is 17.3 Å². The number of nitrogens with one attached hydrogen (secondary N) is 1. The van der Waals surface area contributed by atoms with Gasteiger partial charge in [-0.25, -0.2) is 4.83 Å². The second-order valence-corrected chi connectivity index (χ2v) is 33.3. The van der Waals surface area contributed by atoms with Crippen LogP contribution in [0.2, 0.25) is 36.3 Å². The zero-order valence-electron chi connectivity index (χ0n) is 38.1. The highest BCUT2D eigenvalue weighted by atomic mass is 32.2. The summed E-state index contributed by atoms with van der Waals surface area (Å²) in [5, 5.41) is 5.13. The van der Waals surface area contributed by atoms with Crippen molar-refractivity contribution >= 4 is 32.4 Å². The highest BCUT2D eigenvalue weighted by Crippen LogP contribution is 2.64. The van der Waals surface area contributed by atoms with E-state index in [9.17, 15) is 8.42 Å². The monoisotopic (exact) mass is 811 g/mol. The molecule has 0 saturated heterocycles. The average molecular weight is 811 g/mol. The molecule has 4 aliphatic carbocycles. The normalized spacial score (nSPS) is 30.0. The standard InChI is InChI=1S/C46H78N2O4SSi2/c1-29(2)32-25-36(30(3)4)42(37(26-32)31(5)6)53(49,50)48-47-40-22-21-38-35-20-19-33-27-34(51-54(15,16)43(7,8)9)28-41(52-55(17,18)44(10,11)12)46(33,14)39(35)23-24-45(38,40)13/h19-20,25-26,29-31,34,38-39,41,48H,21-24,27-28H2,1-18H3/t34-,38+,39+,41+,45+,46+/m1/s1. The molecule has 9 heteroatoms. The summed E-state index contributed by atoms with van der Waals surface area (Å²) in [5.74, 6) is 1.14. The Labute approximate surface area is 339 Å². The third kappa shape index (κ3) is 8.10. The Morgan fingerprint density at radius 2 is 1.35 bits per heavy atom. The van der Waals surface area contributed by atoms with Crippen LogP contribution in [-0.2, 0) is 18.9 Å². The van der Waals surface area contributed by atoms with Crippen molar-refractivity contribution in [3.8, 4) is 0 Å². The molecule has 0 spiro atoms. The minimum atomic E-state index is -3.90. The molecule has 0 amide bonds. The van der Waals surface area contributed by atoms with Crippen LogP contribution < -0.4 is 4.83 Å². The number of rotatable bonds is 10. The van der Waals surface area contributed by atoms with E-state index >= 15 is 0 Å². The fourth-order valence-electron chi connectivity index (χ4n) is 9.73. The van der Waals surface area contributed by atoms with Crippen molar-refractivity contribution in [1.82, 2.24) is 4.83 Å². The number of sulfonamides is 1. The van der Waals surface area contributed by atoms with Gasteiger partial charge in [0.25, 0.3) is 10.0 Å². The second kappa shape index (κ2) is 14.9. The van der Waals surface area contributed by atoms with E-state index in [1.54, 1.807) is 0 Å². The molecule has 0 aromatic heterocycles. The lowest BCUT2D eigenvalue weighted by atomic mass is 9.50. The average Bonchev–Trinajstić information content (AvgIpc) is 3.38. The molecule has 3 fully saturated rings. The summed E-state index contributed by atoms with van der Waals surface area (Å²) in [6.45, 7) is 41.2. The molecule has 6 nitrogen and oxygen atoms in total. The number of hydrogen-bond acceptors (Lipinski definition) is 5. The maximum atomic E-state index is 14.3. The van der Waals surface area contributed by atoms with E-state index < -0.39 is 26.7 Å². The van der Waals surface area contributed by atoms with Gasteiger partial charge in [-0.1, -0.05) is 132 Å². The minimum Gasteiger partial charge on any atom is -0.414 e. The van der Waals surface area contributed by atoms with Crippen LogP contribution in [0.1, 0.15) is 170 Å². The van der Waals surface area contributed by atoms with E-state index in [2.05, 4.69) is 152 Å². The summed E-state index contributed by atoms with van der Waals surface area (Å²) in [6, 6.07) is 4.20. The maximum absolute atomic E-state index is 14.3. The van der Waals surface area contributed by atoms with E-state index in [0.29, 0.717) is 22.6 Å². The molecular weight excluding hydrogens is 733 g/mol. The molecule has 310 valence electrons. The minimum absolute atomic E-state index is 0.0646. The molecule has 1 aromatic rings. The van der Waals surface area contributed by atoms with Crippen molar-refractivity contribution in [3.05, 3.63) is 52.1 Å². The zero-order chi connectivity index (χ0) is 41.5. The van der Waals surface area contributed by atoms with Gasteiger partial charge in [0.05, 0.1) is 17.1 Å². The summed E-state index contributed by atoms with van der Waals surface area (Å²) >= 11 is 0. The van der Waals surface area contributed by atoms with Crippen LogP contribution in [0.4, 0.5) is 0 Å². The number of fused-ring (bicyclic) bond motifs is 5. The molecule has 3 saturated carbocycles. The lowest BCUT2D eigenvalue weighted by Crippen LogP contribution is -2.58. The third-order valence-electron chi connectivity index (χ3n) is 15.5. The second-order valence-electron chi connectivity index (χ2n) is 22.2. The Bertz CT molecular complexity index is 1800. The van der Waals surface area contributed by atoms with Gasteiger partial charge >= 0.3 is 0 Å². The van der Waals surface area contributed by atoms with Crippen molar-refractivity contribution in [3.63, 3.8) is 0 Å². The Hall–Kier alpha value is -1.53. The van der Waals surface area contributed by atoms with Crippen LogP contribution >= 0.6 is 0 Å². The predicted octanol–water partition coefficient (Wildman–Crippen LogP) is 13.0. The third-order valence-corrected chi connectivity index (χ3v) is 25.9. The van der Waals surface area contributed by atoms with Crippen LogP contribution in [0.25, 0.3) is 0 Å². The summed E-state index contributed by atoms with van der Waals surface area (Å²) < 4.78 is 43.4. The molecule has 5 rings (SSSR count). The molecule has 6 atom stereocenters. The highest BCUT2D eigenvalue weighted by molar-refractivity contribution is 7.89. The van der Waals surface area contributed by atoms with Crippen molar-refractivity contribution in [1.29, 1.82) is 0 Å². The maximum Gasteiger partial charge on any atom is 0.277 e. The van der Waals surface area contributed by atoms with Gasteiger partial charge in [-0.2, -0.15) is 13.5 Å². The van der Waals surface area contributed by atoms with Gasteiger partial charge in [-0.05, 0) is 121 Å². The van der Waals surface area contributed by atoms with E-state index in [0.717, 1.165) is 55.4 Å². The molecule has 0 unspecified atom stereocenters. The number of benzene rings is 1. The van der Waals surface area contributed by atoms with Crippen molar-refractivity contribution in [2.45, 2.75) is 207 Å².